The number of likely N-dealkylation sites (tertiary alicyclic amines) is 2. The summed E-state index contributed by atoms with van der Waals surface area (Å²) in [4.78, 5) is 21.6. The topological polar surface area (TPSA) is 57.2 Å². The molecule has 0 saturated carbocycles. The van der Waals surface area contributed by atoms with Crippen LogP contribution in [0.4, 0.5) is 0 Å². The normalized spacial score (nSPS) is 25.5. The van der Waals surface area contributed by atoms with Crippen LogP contribution in [0.1, 0.15) is 48.0 Å². The van der Waals surface area contributed by atoms with Crippen LogP contribution >= 0.6 is 0 Å². The second-order valence-electron chi connectivity index (χ2n) is 8.43. The number of ether oxygens (including phenoxy) is 1. The van der Waals surface area contributed by atoms with E-state index >= 15 is 0 Å². The fraction of sp³-hybridized carbons (Fsp3) is 0.636. The van der Waals surface area contributed by atoms with Gasteiger partial charge in [0, 0.05) is 57.4 Å². The molecule has 0 bridgehead atoms. The number of carbonyl (C=O) groups is 1. The van der Waals surface area contributed by atoms with Crippen LogP contribution in [0, 0.1) is 5.41 Å². The summed E-state index contributed by atoms with van der Waals surface area (Å²) in [5.41, 5.74) is 2.22. The average Bonchev–Trinajstić information content (AvgIpc) is 3.39. The van der Waals surface area contributed by atoms with E-state index in [-0.39, 0.29) is 5.91 Å². The van der Waals surface area contributed by atoms with Gasteiger partial charge in [-0.1, -0.05) is 12.1 Å². The van der Waals surface area contributed by atoms with Crippen LogP contribution in [0.5, 0.6) is 0 Å². The van der Waals surface area contributed by atoms with Gasteiger partial charge in [0.1, 0.15) is 0 Å². The van der Waals surface area contributed by atoms with Crippen molar-refractivity contribution in [2.45, 2.75) is 38.6 Å². The van der Waals surface area contributed by atoms with Gasteiger partial charge in [-0.2, -0.15) is 0 Å². The van der Waals surface area contributed by atoms with Gasteiger partial charge in [-0.25, -0.2) is 0 Å². The Morgan fingerprint density at radius 3 is 2.79 bits per heavy atom. The monoisotopic (exact) mass is 384 g/mol. The van der Waals surface area contributed by atoms with Gasteiger partial charge in [-0.15, -0.1) is 0 Å². The molecule has 3 aliphatic rings. The quantitative estimate of drug-likeness (QED) is 0.643. The van der Waals surface area contributed by atoms with Gasteiger partial charge in [0.2, 0.25) is 0 Å². The molecule has 6 nitrogen and oxygen atoms in total. The molecule has 28 heavy (non-hydrogen) atoms. The number of nitrogens with zero attached hydrogens (tertiary/aromatic N) is 3. The lowest BCUT2D eigenvalue weighted by atomic mass is 9.87. The molecule has 3 fully saturated rings. The van der Waals surface area contributed by atoms with Crippen LogP contribution in [0.2, 0.25) is 0 Å². The fourth-order valence-electron chi connectivity index (χ4n) is 4.69. The highest BCUT2D eigenvalue weighted by molar-refractivity contribution is 5.94. The molecule has 1 amide bonds. The fourth-order valence-corrected chi connectivity index (χ4v) is 4.69. The van der Waals surface area contributed by atoms with Crippen LogP contribution in [0.3, 0.4) is 0 Å². The third-order valence-corrected chi connectivity index (χ3v) is 6.40. The molecule has 3 aliphatic heterocycles. The molecule has 1 spiro atoms. The summed E-state index contributed by atoms with van der Waals surface area (Å²) in [6, 6.07) is 8.01. The number of piperidine rings is 1. The van der Waals surface area contributed by atoms with E-state index in [9.17, 15) is 4.79 Å². The zero-order chi connectivity index (χ0) is 19.4. The Morgan fingerprint density at radius 2 is 2.04 bits per heavy atom. The molecular weight excluding hydrogens is 352 g/mol. The van der Waals surface area contributed by atoms with Crippen LogP contribution in [0.15, 0.2) is 29.3 Å². The molecule has 3 saturated heterocycles. The number of guanidine groups is 1. The van der Waals surface area contributed by atoms with Crippen molar-refractivity contribution < 1.29 is 9.53 Å². The Labute approximate surface area is 167 Å². The second-order valence-corrected chi connectivity index (χ2v) is 8.43. The SMILES string of the molecule is CN=C(NCc1cccc(C(=O)N2CCCCC2)c1)N1CCC2(CCOC2)C1. The summed E-state index contributed by atoms with van der Waals surface area (Å²) >= 11 is 0. The van der Waals surface area contributed by atoms with Crippen LogP contribution in [-0.4, -0.2) is 68.1 Å². The second kappa shape index (κ2) is 8.52. The van der Waals surface area contributed by atoms with Crippen molar-refractivity contribution in [1.82, 2.24) is 15.1 Å². The summed E-state index contributed by atoms with van der Waals surface area (Å²) in [6.45, 7) is 6.24. The van der Waals surface area contributed by atoms with Gasteiger partial charge in [0.15, 0.2) is 5.96 Å². The summed E-state index contributed by atoms with van der Waals surface area (Å²) in [6.07, 6.45) is 5.79. The number of amides is 1. The van der Waals surface area contributed by atoms with Crippen LogP contribution in [-0.2, 0) is 11.3 Å². The highest BCUT2D eigenvalue weighted by Gasteiger charge is 2.42. The first-order valence-electron chi connectivity index (χ1n) is 10.6. The van der Waals surface area contributed by atoms with Gasteiger partial charge in [-0.3, -0.25) is 9.79 Å². The summed E-state index contributed by atoms with van der Waals surface area (Å²) in [5, 5.41) is 3.49. The highest BCUT2D eigenvalue weighted by Crippen LogP contribution is 2.38. The van der Waals surface area contributed by atoms with Gasteiger partial charge in [0.25, 0.3) is 5.91 Å². The zero-order valence-corrected chi connectivity index (χ0v) is 17.0. The lowest BCUT2D eigenvalue weighted by Crippen LogP contribution is -2.41. The molecule has 4 rings (SSSR count). The number of carbonyl (C=O) groups excluding carboxylic acids is 1. The predicted octanol–water partition coefficient (Wildman–Crippen LogP) is 2.50. The Morgan fingerprint density at radius 1 is 1.18 bits per heavy atom. The Bertz CT molecular complexity index is 721. The molecule has 152 valence electrons. The molecule has 0 aromatic heterocycles. The largest absolute Gasteiger partial charge is 0.381 e. The lowest BCUT2D eigenvalue weighted by Gasteiger charge is -2.27. The van der Waals surface area contributed by atoms with E-state index in [2.05, 4.69) is 21.3 Å². The number of aliphatic imine (C=N–C) groups is 1. The maximum atomic E-state index is 12.8. The van der Waals surface area contributed by atoms with Crippen molar-refractivity contribution in [2.75, 3.05) is 46.4 Å². The minimum atomic E-state index is 0.161. The molecule has 1 atom stereocenters. The molecule has 1 aromatic carbocycles. The number of nitrogens with one attached hydrogen (secondary N) is 1. The van der Waals surface area contributed by atoms with E-state index in [1.807, 2.05) is 30.1 Å². The Balaban J connectivity index is 1.35. The minimum absolute atomic E-state index is 0.161. The smallest absolute Gasteiger partial charge is 0.253 e. The van der Waals surface area contributed by atoms with Crippen molar-refractivity contribution in [3.8, 4) is 0 Å². The maximum absolute atomic E-state index is 12.8. The molecular formula is C22H32N4O2. The van der Waals surface area contributed by atoms with Crippen molar-refractivity contribution in [1.29, 1.82) is 0 Å². The van der Waals surface area contributed by atoms with Gasteiger partial charge in [0.05, 0.1) is 6.61 Å². The number of benzene rings is 1. The molecule has 1 unspecified atom stereocenters. The molecule has 3 heterocycles. The van der Waals surface area contributed by atoms with E-state index < -0.39 is 0 Å². The average molecular weight is 385 g/mol. The van der Waals surface area contributed by atoms with E-state index in [0.29, 0.717) is 12.0 Å². The molecule has 0 radical (unpaired) electrons. The minimum Gasteiger partial charge on any atom is -0.381 e. The summed E-state index contributed by atoms with van der Waals surface area (Å²) in [7, 11) is 1.84. The lowest BCUT2D eigenvalue weighted by molar-refractivity contribution is 0.0724. The first-order valence-corrected chi connectivity index (χ1v) is 10.6. The number of hydrogen-bond donors (Lipinski definition) is 1. The van der Waals surface area contributed by atoms with Gasteiger partial charge in [-0.05, 0) is 49.8 Å². The summed E-state index contributed by atoms with van der Waals surface area (Å²) in [5.74, 6) is 1.10. The third-order valence-electron chi connectivity index (χ3n) is 6.40. The van der Waals surface area contributed by atoms with Crippen LogP contribution < -0.4 is 5.32 Å². The van der Waals surface area contributed by atoms with Crippen molar-refractivity contribution >= 4 is 11.9 Å². The van der Waals surface area contributed by atoms with Crippen molar-refractivity contribution in [3.63, 3.8) is 0 Å². The third kappa shape index (κ3) is 4.17. The highest BCUT2D eigenvalue weighted by atomic mass is 16.5. The molecule has 6 heteroatoms. The summed E-state index contributed by atoms with van der Waals surface area (Å²) < 4.78 is 5.64. The first kappa shape index (κ1) is 19.2. The van der Waals surface area contributed by atoms with Crippen molar-refractivity contribution in [2.24, 2.45) is 10.4 Å². The van der Waals surface area contributed by atoms with Crippen LogP contribution in [0.25, 0.3) is 0 Å². The predicted molar refractivity (Wildman–Crippen MR) is 110 cm³/mol. The first-order chi connectivity index (χ1) is 13.7. The van der Waals surface area contributed by atoms with Gasteiger partial charge < -0.3 is 19.9 Å². The zero-order valence-electron chi connectivity index (χ0n) is 17.0. The van der Waals surface area contributed by atoms with E-state index in [1.54, 1.807) is 0 Å². The van der Waals surface area contributed by atoms with E-state index in [1.165, 1.54) is 12.8 Å². The Hall–Kier alpha value is -2.08. The maximum Gasteiger partial charge on any atom is 0.253 e. The van der Waals surface area contributed by atoms with E-state index in [4.69, 9.17) is 4.74 Å². The molecule has 0 aliphatic carbocycles. The number of hydrogen-bond acceptors (Lipinski definition) is 3. The standard InChI is InChI=1S/C22H32N4O2/c1-23-21(26-12-8-22(16-26)9-13-28-17-22)24-15-18-6-5-7-19(14-18)20(27)25-10-3-2-4-11-25/h5-7,14H,2-4,8-13,15-17H2,1H3,(H,23,24). The number of rotatable bonds is 3. The van der Waals surface area contributed by atoms with E-state index in [0.717, 1.165) is 75.7 Å². The molecule has 1 N–H and O–H groups in total. The van der Waals surface area contributed by atoms with Gasteiger partial charge >= 0.3 is 0 Å². The van der Waals surface area contributed by atoms with Crippen molar-refractivity contribution in [3.05, 3.63) is 35.4 Å². The Kier molecular flexibility index (Phi) is 5.85. The molecule has 1 aromatic rings.